The first kappa shape index (κ1) is 16.1. The van der Waals surface area contributed by atoms with Crippen LogP contribution in [0.5, 0.6) is 0 Å². The molecule has 24 heavy (non-hydrogen) atoms. The molecule has 7 heteroatoms. The molecule has 1 aliphatic heterocycles. The van der Waals surface area contributed by atoms with Crippen molar-refractivity contribution in [3.8, 4) is 6.07 Å². The highest BCUT2D eigenvalue weighted by molar-refractivity contribution is 6.30. The predicted molar refractivity (Wildman–Crippen MR) is 93.2 cm³/mol. The number of nitriles is 1. The van der Waals surface area contributed by atoms with Crippen LogP contribution in [-0.2, 0) is 0 Å². The number of rotatable bonds is 2. The summed E-state index contributed by atoms with van der Waals surface area (Å²) in [6.45, 7) is 2.42. The number of nitrogens with zero attached hydrogens (tertiary/aromatic N) is 4. The van der Waals surface area contributed by atoms with Gasteiger partial charge < -0.3 is 15.1 Å². The van der Waals surface area contributed by atoms with E-state index in [4.69, 9.17) is 11.6 Å². The normalized spacial score (nSPS) is 14.2. The molecule has 0 unspecified atom stereocenters. The van der Waals surface area contributed by atoms with Crippen molar-refractivity contribution in [1.82, 2.24) is 9.88 Å². The summed E-state index contributed by atoms with van der Waals surface area (Å²) in [6, 6.07) is 12.5. The van der Waals surface area contributed by atoms with Gasteiger partial charge in [-0.3, -0.25) is 0 Å². The minimum absolute atomic E-state index is 0.140. The Hall–Kier alpha value is -2.78. The van der Waals surface area contributed by atoms with Gasteiger partial charge in [0.1, 0.15) is 11.9 Å². The monoisotopic (exact) mass is 341 g/mol. The number of urea groups is 1. The smallest absolute Gasteiger partial charge is 0.321 e. The number of hydrogen-bond donors (Lipinski definition) is 1. The minimum Gasteiger partial charge on any atom is -0.352 e. The summed E-state index contributed by atoms with van der Waals surface area (Å²) in [5, 5.41) is 12.7. The maximum Gasteiger partial charge on any atom is 0.321 e. The van der Waals surface area contributed by atoms with E-state index in [1.165, 1.54) is 0 Å². The standard InChI is InChI=1S/C17H16ClN5O/c18-14-3-5-15(6-4-14)21-17(24)23-10-8-22(9-11-23)16-13(12-19)2-1-7-20-16/h1-7H,8-11H2,(H,21,24). The van der Waals surface area contributed by atoms with Crippen molar-refractivity contribution in [2.45, 2.75) is 0 Å². The van der Waals surface area contributed by atoms with Gasteiger partial charge in [0.05, 0.1) is 5.56 Å². The zero-order valence-electron chi connectivity index (χ0n) is 12.9. The molecule has 1 fully saturated rings. The summed E-state index contributed by atoms with van der Waals surface area (Å²) in [5.41, 5.74) is 1.26. The first-order chi connectivity index (χ1) is 11.7. The Morgan fingerprint density at radius 1 is 1.17 bits per heavy atom. The second-order valence-electron chi connectivity index (χ2n) is 5.40. The third-order valence-electron chi connectivity index (χ3n) is 3.87. The molecule has 1 N–H and O–H groups in total. The Bertz CT molecular complexity index is 763. The van der Waals surface area contributed by atoms with Gasteiger partial charge >= 0.3 is 6.03 Å². The van der Waals surface area contributed by atoms with Crippen molar-refractivity contribution in [3.05, 3.63) is 53.2 Å². The molecular formula is C17H16ClN5O. The number of carbonyl (C=O) groups is 1. The fourth-order valence-electron chi connectivity index (χ4n) is 2.59. The number of hydrogen-bond acceptors (Lipinski definition) is 4. The Labute approximate surface area is 145 Å². The quantitative estimate of drug-likeness (QED) is 0.911. The molecule has 0 saturated carbocycles. The highest BCUT2D eigenvalue weighted by Gasteiger charge is 2.23. The zero-order valence-corrected chi connectivity index (χ0v) is 13.7. The number of carbonyl (C=O) groups excluding carboxylic acids is 1. The Balaban J connectivity index is 1.59. The van der Waals surface area contributed by atoms with Crippen molar-refractivity contribution in [2.24, 2.45) is 0 Å². The lowest BCUT2D eigenvalue weighted by molar-refractivity contribution is 0.208. The predicted octanol–water partition coefficient (Wildman–Crippen LogP) is 2.96. The van der Waals surface area contributed by atoms with Crippen LogP contribution in [0.15, 0.2) is 42.6 Å². The van der Waals surface area contributed by atoms with E-state index in [1.54, 1.807) is 47.5 Å². The summed E-state index contributed by atoms with van der Waals surface area (Å²) in [7, 11) is 0. The average molecular weight is 342 g/mol. The lowest BCUT2D eigenvalue weighted by Gasteiger charge is -2.35. The topological polar surface area (TPSA) is 72.3 Å². The lowest BCUT2D eigenvalue weighted by atomic mass is 10.2. The minimum atomic E-state index is -0.140. The Kier molecular flexibility index (Phi) is 4.82. The van der Waals surface area contributed by atoms with Crippen LogP contribution in [0.25, 0.3) is 0 Å². The molecule has 1 aromatic heterocycles. The van der Waals surface area contributed by atoms with Crippen LogP contribution in [-0.4, -0.2) is 42.1 Å². The van der Waals surface area contributed by atoms with Gasteiger partial charge in [-0.15, -0.1) is 0 Å². The highest BCUT2D eigenvalue weighted by Crippen LogP contribution is 2.19. The van der Waals surface area contributed by atoms with E-state index in [0.29, 0.717) is 48.3 Å². The molecule has 0 spiro atoms. The SMILES string of the molecule is N#Cc1cccnc1N1CCN(C(=O)Nc2ccc(Cl)cc2)CC1. The summed E-state index contributed by atoms with van der Waals surface area (Å²) >= 11 is 5.84. The van der Waals surface area contributed by atoms with Gasteiger partial charge in [0.15, 0.2) is 0 Å². The highest BCUT2D eigenvalue weighted by atomic mass is 35.5. The molecule has 6 nitrogen and oxygen atoms in total. The van der Waals surface area contributed by atoms with Crippen molar-refractivity contribution in [2.75, 3.05) is 36.4 Å². The molecule has 2 amide bonds. The largest absolute Gasteiger partial charge is 0.352 e. The maximum atomic E-state index is 12.3. The second kappa shape index (κ2) is 7.20. The molecule has 0 bridgehead atoms. The molecular weight excluding hydrogens is 326 g/mol. The molecule has 0 aliphatic carbocycles. The van der Waals surface area contributed by atoms with Crippen LogP contribution in [0, 0.1) is 11.3 Å². The molecule has 1 aromatic carbocycles. The molecule has 1 saturated heterocycles. The van der Waals surface area contributed by atoms with Crippen LogP contribution in [0.2, 0.25) is 5.02 Å². The van der Waals surface area contributed by atoms with Gasteiger partial charge in [0.2, 0.25) is 0 Å². The molecule has 1 aliphatic rings. The van der Waals surface area contributed by atoms with E-state index >= 15 is 0 Å². The zero-order chi connectivity index (χ0) is 16.9. The van der Waals surface area contributed by atoms with E-state index in [-0.39, 0.29) is 6.03 Å². The third kappa shape index (κ3) is 3.58. The maximum absolute atomic E-state index is 12.3. The van der Waals surface area contributed by atoms with E-state index in [2.05, 4.69) is 16.4 Å². The Morgan fingerprint density at radius 2 is 1.88 bits per heavy atom. The summed E-state index contributed by atoms with van der Waals surface area (Å²) in [5.74, 6) is 0.678. The van der Waals surface area contributed by atoms with Crippen molar-refractivity contribution < 1.29 is 4.79 Å². The lowest BCUT2D eigenvalue weighted by Crippen LogP contribution is -2.50. The third-order valence-corrected chi connectivity index (χ3v) is 4.12. The van der Waals surface area contributed by atoms with E-state index < -0.39 is 0 Å². The fourth-order valence-corrected chi connectivity index (χ4v) is 2.72. The molecule has 0 radical (unpaired) electrons. The molecule has 3 rings (SSSR count). The van der Waals surface area contributed by atoms with E-state index in [9.17, 15) is 10.1 Å². The van der Waals surface area contributed by atoms with Crippen molar-refractivity contribution >= 4 is 29.1 Å². The fraction of sp³-hybridized carbons (Fsp3) is 0.235. The number of nitrogens with one attached hydrogen (secondary N) is 1. The van der Waals surface area contributed by atoms with Gasteiger partial charge in [-0.2, -0.15) is 5.26 Å². The number of amides is 2. The first-order valence-electron chi connectivity index (χ1n) is 7.59. The van der Waals surface area contributed by atoms with Gasteiger partial charge in [-0.05, 0) is 36.4 Å². The van der Waals surface area contributed by atoms with Crippen molar-refractivity contribution in [1.29, 1.82) is 5.26 Å². The molecule has 2 heterocycles. The molecule has 2 aromatic rings. The van der Waals surface area contributed by atoms with Gasteiger partial charge in [0, 0.05) is 43.1 Å². The van der Waals surface area contributed by atoms with Crippen LogP contribution in [0.1, 0.15) is 5.56 Å². The van der Waals surface area contributed by atoms with Gasteiger partial charge in [-0.25, -0.2) is 9.78 Å². The molecule has 0 atom stereocenters. The number of benzene rings is 1. The summed E-state index contributed by atoms with van der Waals surface area (Å²) in [4.78, 5) is 20.4. The van der Waals surface area contributed by atoms with E-state index in [0.717, 1.165) is 0 Å². The average Bonchev–Trinajstić information content (AvgIpc) is 2.63. The van der Waals surface area contributed by atoms with Gasteiger partial charge in [0.25, 0.3) is 0 Å². The number of piperazine rings is 1. The number of halogens is 1. The number of pyridine rings is 1. The van der Waals surface area contributed by atoms with Crippen LogP contribution in [0.3, 0.4) is 0 Å². The second-order valence-corrected chi connectivity index (χ2v) is 5.83. The Morgan fingerprint density at radius 3 is 2.54 bits per heavy atom. The summed E-state index contributed by atoms with van der Waals surface area (Å²) in [6.07, 6.45) is 1.68. The first-order valence-corrected chi connectivity index (χ1v) is 7.97. The van der Waals surface area contributed by atoms with Crippen LogP contribution in [0.4, 0.5) is 16.3 Å². The van der Waals surface area contributed by atoms with Crippen LogP contribution < -0.4 is 10.2 Å². The number of anilines is 2. The molecule has 122 valence electrons. The van der Waals surface area contributed by atoms with E-state index in [1.807, 2.05) is 4.90 Å². The van der Waals surface area contributed by atoms with Crippen molar-refractivity contribution in [3.63, 3.8) is 0 Å². The summed E-state index contributed by atoms with van der Waals surface area (Å²) < 4.78 is 0. The van der Waals surface area contributed by atoms with Gasteiger partial charge in [-0.1, -0.05) is 11.6 Å². The number of aromatic nitrogens is 1. The van der Waals surface area contributed by atoms with Crippen LogP contribution >= 0.6 is 11.6 Å².